The van der Waals surface area contributed by atoms with Crippen molar-refractivity contribution in [3.8, 4) is 5.75 Å². The molecular formula is C14H22N2O4S. The fraction of sp³-hybridized carbons (Fsp3) is 0.571. The number of hydrogen-bond acceptors (Lipinski definition) is 5. The number of nitrogens with zero attached hydrogens (tertiary/aromatic N) is 1. The van der Waals surface area contributed by atoms with Crippen molar-refractivity contribution < 1.29 is 17.9 Å². The molecule has 1 atom stereocenters. The van der Waals surface area contributed by atoms with Crippen LogP contribution in [0, 0.1) is 0 Å². The van der Waals surface area contributed by atoms with Crippen LogP contribution in [0.5, 0.6) is 5.75 Å². The van der Waals surface area contributed by atoms with Gasteiger partial charge in [0.05, 0.1) is 16.7 Å². The lowest BCUT2D eigenvalue weighted by atomic mass is 10.1. The summed E-state index contributed by atoms with van der Waals surface area (Å²) in [6.45, 7) is 1.20. The average molecular weight is 314 g/mol. The molecule has 2 rings (SSSR count). The van der Waals surface area contributed by atoms with Crippen LogP contribution in [0.4, 0.5) is 5.69 Å². The Kier molecular flexibility index (Phi) is 5.08. The Morgan fingerprint density at radius 1 is 1.38 bits per heavy atom. The summed E-state index contributed by atoms with van der Waals surface area (Å²) < 4.78 is 36.4. The molecule has 0 aliphatic carbocycles. The van der Waals surface area contributed by atoms with Crippen LogP contribution >= 0.6 is 0 Å². The van der Waals surface area contributed by atoms with Gasteiger partial charge >= 0.3 is 0 Å². The maximum absolute atomic E-state index is 12.0. The molecule has 0 amide bonds. The summed E-state index contributed by atoms with van der Waals surface area (Å²) >= 11 is 0. The van der Waals surface area contributed by atoms with E-state index in [1.54, 1.807) is 6.07 Å². The molecule has 2 N–H and O–H groups in total. The van der Waals surface area contributed by atoms with E-state index in [1.807, 2.05) is 0 Å². The van der Waals surface area contributed by atoms with Gasteiger partial charge in [-0.1, -0.05) is 0 Å². The van der Waals surface area contributed by atoms with Crippen LogP contribution in [0.25, 0.3) is 0 Å². The third-order valence-electron chi connectivity index (χ3n) is 3.46. The molecule has 1 aromatic rings. The van der Waals surface area contributed by atoms with Gasteiger partial charge in [-0.15, -0.1) is 0 Å². The van der Waals surface area contributed by atoms with Gasteiger partial charge < -0.3 is 15.2 Å². The molecule has 7 heteroatoms. The van der Waals surface area contributed by atoms with E-state index in [9.17, 15) is 8.42 Å². The van der Waals surface area contributed by atoms with Crippen LogP contribution in [0.3, 0.4) is 0 Å². The lowest BCUT2D eigenvalue weighted by Gasteiger charge is -2.23. The molecule has 0 radical (unpaired) electrons. The summed E-state index contributed by atoms with van der Waals surface area (Å²) in [5.41, 5.74) is 6.20. The van der Waals surface area contributed by atoms with Crippen molar-refractivity contribution in [1.29, 1.82) is 0 Å². The first-order valence-electron chi connectivity index (χ1n) is 6.97. The van der Waals surface area contributed by atoms with Gasteiger partial charge in [0.25, 0.3) is 0 Å². The fourth-order valence-corrected chi connectivity index (χ4v) is 3.09. The van der Waals surface area contributed by atoms with Crippen LogP contribution in [-0.2, 0) is 14.8 Å². The minimum absolute atomic E-state index is 0.0864. The van der Waals surface area contributed by atoms with Gasteiger partial charge in [-0.05, 0) is 37.5 Å². The second-order valence-electron chi connectivity index (χ2n) is 5.29. The maximum Gasteiger partial charge on any atom is 0.242 e. The van der Waals surface area contributed by atoms with Crippen LogP contribution in [0.15, 0.2) is 23.1 Å². The zero-order chi connectivity index (χ0) is 15.5. The summed E-state index contributed by atoms with van der Waals surface area (Å²) in [5, 5.41) is 0. The van der Waals surface area contributed by atoms with Gasteiger partial charge in [0.2, 0.25) is 10.0 Å². The van der Waals surface area contributed by atoms with E-state index >= 15 is 0 Å². The number of rotatable bonds is 5. The number of benzene rings is 1. The molecule has 0 spiro atoms. The van der Waals surface area contributed by atoms with Crippen LogP contribution < -0.4 is 10.5 Å². The summed E-state index contributed by atoms with van der Waals surface area (Å²) in [5.74, 6) is 0.488. The van der Waals surface area contributed by atoms with Crippen LogP contribution in [0.2, 0.25) is 0 Å². The van der Waals surface area contributed by atoms with E-state index in [0.29, 0.717) is 18.0 Å². The standard InChI is InChI=1S/C14H22N2O4S/c1-16(2)21(17,18)12-6-7-14(13(15)9-12)20-10-11-5-3-4-8-19-11/h6-7,9,11H,3-5,8,10,15H2,1-2H3. The van der Waals surface area contributed by atoms with Crippen LogP contribution in [-0.4, -0.2) is 46.1 Å². The number of ether oxygens (including phenoxy) is 2. The largest absolute Gasteiger partial charge is 0.489 e. The molecule has 1 heterocycles. The number of sulfonamides is 1. The predicted octanol–water partition coefficient (Wildman–Crippen LogP) is 1.47. The van der Waals surface area contributed by atoms with Gasteiger partial charge in [0.15, 0.2) is 0 Å². The molecule has 1 aliphatic rings. The van der Waals surface area contributed by atoms with E-state index in [-0.39, 0.29) is 11.0 Å². The van der Waals surface area contributed by atoms with Gasteiger partial charge in [0.1, 0.15) is 12.4 Å². The monoisotopic (exact) mass is 314 g/mol. The number of anilines is 1. The molecule has 6 nitrogen and oxygen atoms in total. The Labute approximate surface area is 125 Å². The number of nitrogens with two attached hydrogens (primary N) is 1. The summed E-state index contributed by atoms with van der Waals surface area (Å²) in [6.07, 6.45) is 3.30. The highest BCUT2D eigenvalue weighted by Gasteiger charge is 2.19. The molecule has 1 unspecified atom stereocenters. The third-order valence-corrected chi connectivity index (χ3v) is 5.27. The minimum Gasteiger partial charge on any atom is -0.489 e. The van der Waals surface area contributed by atoms with Crippen molar-refractivity contribution in [3.63, 3.8) is 0 Å². The Morgan fingerprint density at radius 3 is 2.71 bits per heavy atom. The Morgan fingerprint density at radius 2 is 2.14 bits per heavy atom. The van der Waals surface area contributed by atoms with Crippen molar-refractivity contribution in [2.45, 2.75) is 30.3 Å². The van der Waals surface area contributed by atoms with Gasteiger partial charge in [-0.2, -0.15) is 0 Å². The molecule has 1 aliphatic heterocycles. The van der Waals surface area contributed by atoms with Crippen LogP contribution in [0.1, 0.15) is 19.3 Å². The van der Waals surface area contributed by atoms with Gasteiger partial charge in [-0.3, -0.25) is 0 Å². The molecule has 0 saturated carbocycles. The van der Waals surface area contributed by atoms with E-state index in [4.69, 9.17) is 15.2 Å². The zero-order valence-electron chi connectivity index (χ0n) is 12.4. The second kappa shape index (κ2) is 6.64. The normalized spacial score (nSPS) is 19.7. The molecule has 21 heavy (non-hydrogen) atoms. The molecule has 1 aromatic carbocycles. The second-order valence-corrected chi connectivity index (χ2v) is 7.44. The van der Waals surface area contributed by atoms with E-state index < -0.39 is 10.0 Å². The molecule has 118 valence electrons. The molecule has 1 saturated heterocycles. The molecule has 1 fully saturated rings. The summed E-state index contributed by atoms with van der Waals surface area (Å²) in [4.78, 5) is 0.159. The first-order chi connectivity index (χ1) is 9.91. The predicted molar refractivity (Wildman–Crippen MR) is 80.8 cm³/mol. The molecule has 0 bridgehead atoms. The van der Waals surface area contributed by atoms with Crippen molar-refractivity contribution in [2.24, 2.45) is 0 Å². The topological polar surface area (TPSA) is 81.9 Å². The fourth-order valence-electron chi connectivity index (χ4n) is 2.15. The van der Waals surface area contributed by atoms with E-state index in [0.717, 1.165) is 30.2 Å². The average Bonchev–Trinajstić information content (AvgIpc) is 2.46. The van der Waals surface area contributed by atoms with Crippen molar-refractivity contribution in [1.82, 2.24) is 4.31 Å². The van der Waals surface area contributed by atoms with Gasteiger partial charge in [0, 0.05) is 20.7 Å². The lowest BCUT2D eigenvalue weighted by molar-refractivity contribution is -0.0109. The highest BCUT2D eigenvalue weighted by molar-refractivity contribution is 7.89. The number of hydrogen-bond donors (Lipinski definition) is 1. The van der Waals surface area contributed by atoms with E-state index in [1.165, 1.54) is 26.2 Å². The highest BCUT2D eigenvalue weighted by atomic mass is 32.2. The Bertz CT molecular complexity index is 581. The molecular weight excluding hydrogens is 292 g/mol. The smallest absolute Gasteiger partial charge is 0.242 e. The van der Waals surface area contributed by atoms with E-state index in [2.05, 4.69) is 0 Å². The molecule has 0 aromatic heterocycles. The Balaban J connectivity index is 2.05. The summed E-state index contributed by atoms with van der Waals surface area (Å²) in [6, 6.07) is 4.52. The number of nitrogen functional groups attached to an aromatic ring is 1. The van der Waals surface area contributed by atoms with Crippen molar-refractivity contribution >= 4 is 15.7 Å². The third kappa shape index (κ3) is 3.87. The van der Waals surface area contributed by atoms with Crippen molar-refractivity contribution in [2.75, 3.05) is 33.0 Å². The first-order valence-corrected chi connectivity index (χ1v) is 8.41. The highest BCUT2D eigenvalue weighted by Crippen LogP contribution is 2.26. The van der Waals surface area contributed by atoms with Gasteiger partial charge in [-0.25, -0.2) is 12.7 Å². The minimum atomic E-state index is -3.48. The first kappa shape index (κ1) is 16.1. The Hall–Kier alpha value is -1.31. The SMILES string of the molecule is CN(C)S(=O)(=O)c1ccc(OCC2CCCCO2)c(N)c1. The zero-order valence-corrected chi connectivity index (χ0v) is 13.2. The quantitative estimate of drug-likeness (QED) is 0.832. The lowest BCUT2D eigenvalue weighted by Crippen LogP contribution is -2.26. The summed E-state index contributed by atoms with van der Waals surface area (Å²) in [7, 11) is -0.514. The van der Waals surface area contributed by atoms with Crippen molar-refractivity contribution in [3.05, 3.63) is 18.2 Å². The maximum atomic E-state index is 12.0.